The summed E-state index contributed by atoms with van der Waals surface area (Å²) in [6.07, 6.45) is 1.33. The van der Waals surface area contributed by atoms with Gasteiger partial charge in [-0.2, -0.15) is 0 Å². The van der Waals surface area contributed by atoms with E-state index in [2.05, 4.69) is 5.32 Å². The number of carbonyl (C=O) groups is 2. The molecule has 2 aromatic rings. The molecule has 1 atom stereocenters. The van der Waals surface area contributed by atoms with Gasteiger partial charge in [-0.25, -0.2) is 8.42 Å². The van der Waals surface area contributed by atoms with Crippen LogP contribution in [-0.2, 0) is 26.2 Å². The van der Waals surface area contributed by atoms with Crippen molar-refractivity contribution in [1.82, 2.24) is 10.2 Å². The third kappa shape index (κ3) is 6.35. The van der Waals surface area contributed by atoms with Gasteiger partial charge in [-0.1, -0.05) is 60.5 Å². The highest BCUT2D eigenvalue weighted by Gasteiger charge is 2.32. The van der Waals surface area contributed by atoms with Crippen LogP contribution in [0, 0.1) is 0 Å². The Morgan fingerprint density at radius 2 is 1.61 bits per heavy atom. The van der Waals surface area contributed by atoms with Gasteiger partial charge in [-0.05, 0) is 30.2 Å². The Bertz CT molecular complexity index is 1050. The fourth-order valence-electron chi connectivity index (χ4n) is 3.15. The summed E-state index contributed by atoms with van der Waals surface area (Å²) in [7, 11) is -2.35. The molecule has 0 aliphatic rings. The van der Waals surface area contributed by atoms with E-state index in [1.165, 1.54) is 18.0 Å². The van der Waals surface area contributed by atoms with Gasteiger partial charge in [0.1, 0.15) is 12.6 Å². The van der Waals surface area contributed by atoms with Crippen LogP contribution < -0.4 is 9.62 Å². The molecule has 0 aliphatic carbocycles. The van der Waals surface area contributed by atoms with Gasteiger partial charge in [0.15, 0.2) is 0 Å². The Balaban J connectivity index is 2.46. The van der Waals surface area contributed by atoms with Gasteiger partial charge >= 0.3 is 0 Å². The number of halogens is 2. The largest absolute Gasteiger partial charge is 0.357 e. The molecular formula is C21H25Cl2N3O4S. The van der Waals surface area contributed by atoms with E-state index in [0.29, 0.717) is 17.0 Å². The average Bonchev–Trinajstić information content (AvgIpc) is 2.72. The smallest absolute Gasteiger partial charge is 0.244 e. The van der Waals surface area contributed by atoms with Crippen LogP contribution >= 0.6 is 23.2 Å². The number of para-hydroxylation sites is 1. The van der Waals surface area contributed by atoms with Crippen LogP contribution in [-0.4, -0.2) is 51.0 Å². The summed E-state index contributed by atoms with van der Waals surface area (Å²) >= 11 is 12.5. The van der Waals surface area contributed by atoms with Crippen molar-refractivity contribution >= 4 is 50.7 Å². The molecule has 0 saturated carbocycles. The number of likely N-dealkylation sites (N-methyl/N-ethyl adjacent to an activating group) is 1. The molecule has 168 valence electrons. The minimum atomic E-state index is -3.83. The molecule has 7 nitrogen and oxygen atoms in total. The molecule has 10 heteroatoms. The molecule has 0 aromatic heterocycles. The number of nitrogens with one attached hydrogen (secondary N) is 1. The van der Waals surface area contributed by atoms with Crippen LogP contribution in [0.15, 0.2) is 48.5 Å². The van der Waals surface area contributed by atoms with Gasteiger partial charge in [0.2, 0.25) is 21.8 Å². The lowest BCUT2D eigenvalue weighted by atomic mass is 10.1. The van der Waals surface area contributed by atoms with E-state index < -0.39 is 28.5 Å². The summed E-state index contributed by atoms with van der Waals surface area (Å²) < 4.78 is 25.9. The van der Waals surface area contributed by atoms with Crippen LogP contribution in [0.3, 0.4) is 0 Å². The van der Waals surface area contributed by atoms with Crippen LogP contribution in [0.5, 0.6) is 0 Å². The Morgan fingerprint density at radius 3 is 2.13 bits per heavy atom. The lowest BCUT2D eigenvalue weighted by Crippen LogP contribution is -2.51. The Kier molecular flexibility index (Phi) is 8.73. The Hall–Kier alpha value is -2.29. The van der Waals surface area contributed by atoms with E-state index in [1.54, 1.807) is 49.4 Å². The average molecular weight is 486 g/mol. The molecule has 0 saturated heterocycles. The number of nitrogens with zero attached hydrogens (tertiary/aromatic N) is 2. The maximum atomic E-state index is 13.4. The zero-order chi connectivity index (χ0) is 23.2. The summed E-state index contributed by atoms with van der Waals surface area (Å²) in [6.45, 7) is 1.31. The second-order valence-corrected chi connectivity index (χ2v) is 9.59. The first-order valence-electron chi connectivity index (χ1n) is 9.56. The quantitative estimate of drug-likeness (QED) is 0.589. The molecule has 0 bridgehead atoms. The summed E-state index contributed by atoms with van der Waals surface area (Å²) in [5.41, 5.74) is 0.828. The third-order valence-corrected chi connectivity index (χ3v) is 6.55. The first-order valence-corrected chi connectivity index (χ1v) is 12.2. The van der Waals surface area contributed by atoms with E-state index in [0.717, 1.165) is 10.6 Å². The summed E-state index contributed by atoms with van der Waals surface area (Å²) in [6, 6.07) is 12.5. The minimum Gasteiger partial charge on any atom is -0.357 e. The van der Waals surface area contributed by atoms with Crippen molar-refractivity contribution in [3.05, 3.63) is 64.1 Å². The summed E-state index contributed by atoms with van der Waals surface area (Å²) in [5, 5.41) is 3.19. The number of hydrogen-bond donors (Lipinski definition) is 1. The number of anilines is 1. The fraction of sp³-hybridized carbons (Fsp3) is 0.333. The second-order valence-electron chi connectivity index (χ2n) is 6.87. The van der Waals surface area contributed by atoms with Crippen LogP contribution in [0.25, 0.3) is 0 Å². The summed E-state index contributed by atoms with van der Waals surface area (Å²) in [5.74, 6) is -0.910. The lowest BCUT2D eigenvalue weighted by molar-refractivity contribution is -0.140. The molecule has 0 heterocycles. The van der Waals surface area contributed by atoms with Gasteiger partial charge < -0.3 is 10.2 Å². The maximum absolute atomic E-state index is 13.4. The van der Waals surface area contributed by atoms with Crippen LogP contribution in [0.1, 0.15) is 18.9 Å². The van der Waals surface area contributed by atoms with Crippen LogP contribution in [0.4, 0.5) is 5.69 Å². The SMILES string of the molecule is CCC(C(=O)NC)N(Cc1ccccc1Cl)C(=O)CN(c1ccccc1Cl)S(C)(=O)=O. The van der Waals surface area contributed by atoms with Gasteiger partial charge in [0.05, 0.1) is 17.0 Å². The topological polar surface area (TPSA) is 86.8 Å². The molecule has 0 fully saturated rings. The van der Waals surface area contributed by atoms with Crippen molar-refractivity contribution in [3.63, 3.8) is 0 Å². The highest BCUT2D eigenvalue weighted by molar-refractivity contribution is 7.92. The van der Waals surface area contributed by atoms with Crippen molar-refractivity contribution in [2.45, 2.75) is 25.9 Å². The van der Waals surface area contributed by atoms with E-state index >= 15 is 0 Å². The number of sulfonamides is 1. The molecule has 0 radical (unpaired) electrons. The van der Waals surface area contributed by atoms with Crippen molar-refractivity contribution in [3.8, 4) is 0 Å². The predicted octanol–water partition coefficient (Wildman–Crippen LogP) is 3.31. The highest BCUT2D eigenvalue weighted by atomic mass is 35.5. The normalized spacial score (nSPS) is 12.2. The predicted molar refractivity (Wildman–Crippen MR) is 124 cm³/mol. The van der Waals surface area contributed by atoms with Gasteiger partial charge in [-0.3, -0.25) is 13.9 Å². The molecule has 0 aliphatic heterocycles. The Morgan fingerprint density at radius 1 is 1.03 bits per heavy atom. The zero-order valence-electron chi connectivity index (χ0n) is 17.5. The lowest BCUT2D eigenvalue weighted by Gasteiger charge is -2.33. The summed E-state index contributed by atoms with van der Waals surface area (Å²) in [4.78, 5) is 27.2. The molecule has 1 N–H and O–H groups in total. The first kappa shape index (κ1) is 25.0. The van der Waals surface area contributed by atoms with E-state index in [4.69, 9.17) is 23.2 Å². The molecule has 31 heavy (non-hydrogen) atoms. The van der Waals surface area contributed by atoms with Crippen molar-refractivity contribution in [1.29, 1.82) is 0 Å². The number of amides is 2. The molecular weight excluding hydrogens is 461 g/mol. The molecule has 1 unspecified atom stereocenters. The van der Waals surface area contributed by atoms with Crippen molar-refractivity contribution < 1.29 is 18.0 Å². The number of carbonyl (C=O) groups excluding carboxylic acids is 2. The third-order valence-electron chi connectivity index (χ3n) is 4.73. The minimum absolute atomic E-state index is 0.0462. The van der Waals surface area contributed by atoms with Crippen LogP contribution in [0.2, 0.25) is 10.0 Å². The highest BCUT2D eigenvalue weighted by Crippen LogP contribution is 2.28. The number of rotatable bonds is 9. The molecule has 2 aromatic carbocycles. The van der Waals surface area contributed by atoms with E-state index in [-0.39, 0.29) is 23.2 Å². The van der Waals surface area contributed by atoms with Crippen molar-refractivity contribution in [2.24, 2.45) is 0 Å². The van der Waals surface area contributed by atoms with E-state index in [9.17, 15) is 18.0 Å². The molecule has 0 spiro atoms. The van der Waals surface area contributed by atoms with Crippen molar-refractivity contribution in [2.75, 3.05) is 24.2 Å². The van der Waals surface area contributed by atoms with Gasteiger partial charge in [0, 0.05) is 18.6 Å². The molecule has 2 rings (SSSR count). The van der Waals surface area contributed by atoms with Gasteiger partial charge in [-0.15, -0.1) is 0 Å². The fourth-order valence-corrected chi connectivity index (χ4v) is 4.49. The number of benzene rings is 2. The molecule has 2 amide bonds. The standard InChI is InChI=1S/C21H25Cl2N3O4S/c1-4-18(21(28)24-2)25(13-15-9-5-6-10-16(15)22)20(27)14-26(31(3,29)30)19-12-8-7-11-17(19)23/h5-12,18H,4,13-14H2,1-3H3,(H,24,28). The monoisotopic (exact) mass is 485 g/mol. The number of hydrogen-bond acceptors (Lipinski definition) is 4. The van der Waals surface area contributed by atoms with Gasteiger partial charge in [0.25, 0.3) is 0 Å². The second kappa shape index (κ2) is 10.8. The Labute approximate surface area is 193 Å². The van der Waals surface area contributed by atoms with E-state index in [1.807, 2.05) is 0 Å². The maximum Gasteiger partial charge on any atom is 0.244 e. The zero-order valence-corrected chi connectivity index (χ0v) is 19.8. The first-order chi connectivity index (χ1) is 14.6.